The van der Waals surface area contributed by atoms with Gasteiger partial charge in [-0.25, -0.2) is 0 Å². The summed E-state index contributed by atoms with van der Waals surface area (Å²) in [5, 5.41) is 9.24. The van der Waals surface area contributed by atoms with Crippen LogP contribution in [0.15, 0.2) is 0 Å². The van der Waals surface area contributed by atoms with E-state index in [2.05, 4.69) is 4.90 Å². The normalized spacial score (nSPS) is 27.3. The molecule has 0 radical (unpaired) electrons. The van der Waals surface area contributed by atoms with Crippen LogP contribution < -0.4 is 0 Å². The summed E-state index contributed by atoms with van der Waals surface area (Å²) in [6.45, 7) is 2.32. The van der Waals surface area contributed by atoms with Crippen LogP contribution in [0.4, 0.5) is 4.39 Å². The zero-order chi connectivity index (χ0) is 8.10. The van der Waals surface area contributed by atoms with E-state index in [1.165, 1.54) is 0 Å². The predicted molar refractivity (Wildman–Crippen MR) is 42.3 cm³/mol. The standard InChI is InChI=1S/C8H16FNO/c9-4-2-6-10-5-1-3-8(11)7-10/h8,11H,1-7H2/t8-/m1/s1. The number of hydrogen-bond acceptors (Lipinski definition) is 2. The van der Waals surface area contributed by atoms with Crippen molar-refractivity contribution in [3.8, 4) is 0 Å². The predicted octanol–water partition coefficient (Wildman–Crippen LogP) is 0.803. The fourth-order valence-electron chi connectivity index (χ4n) is 1.52. The van der Waals surface area contributed by atoms with Crippen molar-refractivity contribution in [2.45, 2.75) is 25.4 Å². The number of alkyl halides is 1. The van der Waals surface area contributed by atoms with E-state index in [0.717, 1.165) is 32.5 Å². The first-order chi connectivity index (χ1) is 5.33. The van der Waals surface area contributed by atoms with E-state index in [4.69, 9.17) is 0 Å². The molecule has 0 saturated carbocycles. The lowest BCUT2D eigenvalue weighted by molar-refractivity contribution is 0.0691. The molecule has 1 fully saturated rings. The monoisotopic (exact) mass is 161 g/mol. The number of β-amino-alcohol motifs (C(OH)–C–C–N with tert-alkyl or cyclic N) is 1. The summed E-state index contributed by atoms with van der Waals surface area (Å²) in [4.78, 5) is 2.13. The minimum absolute atomic E-state index is 0.177. The molecule has 1 aliphatic rings. The number of rotatable bonds is 3. The highest BCUT2D eigenvalue weighted by molar-refractivity contribution is 4.71. The van der Waals surface area contributed by atoms with Gasteiger partial charge in [0.25, 0.3) is 0 Å². The van der Waals surface area contributed by atoms with Crippen LogP contribution in [0.2, 0.25) is 0 Å². The number of aliphatic hydroxyl groups excluding tert-OH is 1. The van der Waals surface area contributed by atoms with Crippen molar-refractivity contribution in [1.82, 2.24) is 4.90 Å². The van der Waals surface area contributed by atoms with E-state index in [9.17, 15) is 9.50 Å². The quantitative estimate of drug-likeness (QED) is 0.662. The third-order valence-corrected chi connectivity index (χ3v) is 2.09. The topological polar surface area (TPSA) is 23.5 Å². The number of hydrogen-bond donors (Lipinski definition) is 1. The van der Waals surface area contributed by atoms with Crippen molar-refractivity contribution < 1.29 is 9.50 Å². The van der Waals surface area contributed by atoms with Gasteiger partial charge < -0.3 is 10.0 Å². The summed E-state index contributed by atoms with van der Waals surface area (Å²) in [5.74, 6) is 0. The summed E-state index contributed by atoms with van der Waals surface area (Å²) in [5.41, 5.74) is 0. The van der Waals surface area contributed by atoms with E-state index in [-0.39, 0.29) is 12.8 Å². The van der Waals surface area contributed by atoms with Gasteiger partial charge in [0.2, 0.25) is 0 Å². The highest BCUT2D eigenvalue weighted by atomic mass is 19.1. The molecule has 0 spiro atoms. The van der Waals surface area contributed by atoms with Gasteiger partial charge in [-0.05, 0) is 25.8 Å². The molecule has 1 saturated heterocycles. The molecule has 1 N–H and O–H groups in total. The number of nitrogens with zero attached hydrogens (tertiary/aromatic N) is 1. The van der Waals surface area contributed by atoms with Crippen LogP contribution in [-0.4, -0.2) is 42.4 Å². The van der Waals surface area contributed by atoms with Gasteiger partial charge in [-0.15, -0.1) is 0 Å². The molecule has 0 amide bonds. The lowest BCUT2D eigenvalue weighted by atomic mass is 10.1. The summed E-state index contributed by atoms with van der Waals surface area (Å²) in [6, 6.07) is 0. The lowest BCUT2D eigenvalue weighted by Crippen LogP contribution is -2.38. The van der Waals surface area contributed by atoms with Crippen LogP contribution in [0.1, 0.15) is 19.3 Å². The van der Waals surface area contributed by atoms with E-state index >= 15 is 0 Å². The summed E-state index contributed by atoms with van der Waals surface area (Å²) in [6.07, 6.45) is 2.38. The molecule has 1 rings (SSSR count). The van der Waals surface area contributed by atoms with Gasteiger partial charge in [0.15, 0.2) is 0 Å². The maximum Gasteiger partial charge on any atom is 0.0906 e. The molecule has 0 aromatic rings. The first-order valence-corrected chi connectivity index (χ1v) is 4.29. The summed E-state index contributed by atoms with van der Waals surface area (Å²) >= 11 is 0. The Hall–Kier alpha value is -0.150. The fraction of sp³-hybridized carbons (Fsp3) is 1.00. The molecule has 1 heterocycles. The van der Waals surface area contributed by atoms with Gasteiger partial charge in [-0.2, -0.15) is 0 Å². The van der Waals surface area contributed by atoms with Crippen LogP contribution in [0.25, 0.3) is 0 Å². The van der Waals surface area contributed by atoms with E-state index in [1.807, 2.05) is 0 Å². The second-order valence-electron chi connectivity index (χ2n) is 3.14. The molecular formula is C8H16FNO. The van der Waals surface area contributed by atoms with Crippen LogP contribution in [0, 0.1) is 0 Å². The molecule has 11 heavy (non-hydrogen) atoms. The van der Waals surface area contributed by atoms with Crippen LogP contribution in [0.3, 0.4) is 0 Å². The fourth-order valence-corrected chi connectivity index (χ4v) is 1.52. The molecular weight excluding hydrogens is 145 g/mol. The van der Waals surface area contributed by atoms with Crippen LogP contribution >= 0.6 is 0 Å². The zero-order valence-corrected chi connectivity index (χ0v) is 6.80. The van der Waals surface area contributed by atoms with Crippen molar-refractivity contribution >= 4 is 0 Å². The Morgan fingerprint density at radius 3 is 3.00 bits per heavy atom. The van der Waals surface area contributed by atoms with Gasteiger partial charge in [0, 0.05) is 13.1 Å². The second-order valence-corrected chi connectivity index (χ2v) is 3.14. The molecule has 0 aromatic heterocycles. The van der Waals surface area contributed by atoms with Crippen LogP contribution in [0.5, 0.6) is 0 Å². The Morgan fingerprint density at radius 1 is 1.55 bits per heavy atom. The van der Waals surface area contributed by atoms with E-state index in [0.29, 0.717) is 6.42 Å². The molecule has 1 atom stereocenters. The molecule has 0 aliphatic carbocycles. The van der Waals surface area contributed by atoms with Crippen molar-refractivity contribution in [2.24, 2.45) is 0 Å². The third-order valence-electron chi connectivity index (χ3n) is 2.09. The Morgan fingerprint density at radius 2 is 2.36 bits per heavy atom. The molecule has 2 nitrogen and oxygen atoms in total. The summed E-state index contributed by atoms with van der Waals surface area (Å²) < 4.78 is 11.8. The first-order valence-electron chi connectivity index (χ1n) is 4.29. The van der Waals surface area contributed by atoms with Gasteiger partial charge in [-0.3, -0.25) is 4.39 Å². The molecule has 66 valence electrons. The highest BCUT2D eigenvalue weighted by Gasteiger charge is 2.16. The van der Waals surface area contributed by atoms with Crippen molar-refractivity contribution in [3.63, 3.8) is 0 Å². The SMILES string of the molecule is O[C@@H]1CCCN(CCCF)C1. The molecule has 3 heteroatoms. The van der Waals surface area contributed by atoms with Gasteiger partial charge in [0.1, 0.15) is 0 Å². The largest absolute Gasteiger partial charge is 0.392 e. The minimum Gasteiger partial charge on any atom is -0.392 e. The third kappa shape index (κ3) is 3.16. The maximum atomic E-state index is 11.8. The average molecular weight is 161 g/mol. The number of piperidine rings is 1. The minimum atomic E-state index is -0.243. The number of aliphatic hydroxyl groups is 1. The highest BCUT2D eigenvalue weighted by Crippen LogP contribution is 2.09. The Labute approximate surface area is 67.0 Å². The molecule has 0 unspecified atom stereocenters. The second kappa shape index (κ2) is 4.67. The Bertz CT molecular complexity index is 110. The van der Waals surface area contributed by atoms with Crippen molar-refractivity contribution in [1.29, 1.82) is 0 Å². The maximum absolute atomic E-state index is 11.8. The van der Waals surface area contributed by atoms with Crippen LogP contribution in [-0.2, 0) is 0 Å². The van der Waals surface area contributed by atoms with E-state index < -0.39 is 0 Å². The molecule has 0 bridgehead atoms. The zero-order valence-electron chi connectivity index (χ0n) is 6.80. The number of likely N-dealkylation sites (tertiary alicyclic amines) is 1. The van der Waals surface area contributed by atoms with Gasteiger partial charge in [-0.1, -0.05) is 0 Å². The lowest BCUT2D eigenvalue weighted by Gasteiger charge is -2.29. The Kier molecular flexibility index (Phi) is 3.80. The number of halogens is 1. The smallest absolute Gasteiger partial charge is 0.0906 e. The summed E-state index contributed by atoms with van der Waals surface area (Å²) in [7, 11) is 0. The molecule has 1 aliphatic heterocycles. The van der Waals surface area contributed by atoms with Gasteiger partial charge >= 0.3 is 0 Å². The van der Waals surface area contributed by atoms with Crippen molar-refractivity contribution in [2.75, 3.05) is 26.3 Å². The van der Waals surface area contributed by atoms with Gasteiger partial charge in [0.05, 0.1) is 12.8 Å². The van der Waals surface area contributed by atoms with E-state index in [1.54, 1.807) is 0 Å². The Balaban J connectivity index is 2.12. The first kappa shape index (κ1) is 8.94. The average Bonchev–Trinajstić information content (AvgIpc) is 2.01. The molecule has 0 aromatic carbocycles. The van der Waals surface area contributed by atoms with Crippen molar-refractivity contribution in [3.05, 3.63) is 0 Å².